The Hall–Kier alpha value is -2.08. The molecule has 0 atom stereocenters. The molecule has 0 bridgehead atoms. The maximum absolute atomic E-state index is 14.5. The highest BCUT2D eigenvalue weighted by atomic mass is 79.9. The third-order valence-electron chi connectivity index (χ3n) is 4.64. The van der Waals surface area contributed by atoms with Gasteiger partial charge in [0.25, 0.3) is 5.91 Å². The molecule has 1 heterocycles. The zero-order valence-electron chi connectivity index (χ0n) is 15.6. The minimum Gasteiger partial charge on any atom is -0.478 e. The summed E-state index contributed by atoms with van der Waals surface area (Å²) in [4.78, 5) is 14.7. The number of nitrogens with zero attached hydrogens (tertiary/aromatic N) is 1. The molecule has 1 amide bonds. The second kappa shape index (κ2) is 8.30. The molecule has 2 aromatic rings. The van der Waals surface area contributed by atoms with Gasteiger partial charge < -0.3 is 15.0 Å². The van der Waals surface area contributed by atoms with E-state index < -0.39 is 5.60 Å². The summed E-state index contributed by atoms with van der Waals surface area (Å²) < 4.78 is 21.3. The van der Waals surface area contributed by atoms with Crippen molar-refractivity contribution in [2.75, 3.05) is 23.3 Å². The highest BCUT2D eigenvalue weighted by molar-refractivity contribution is 9.10. The van der Waals surface area contributed by atoms with Gasteiger partial charge in [0.15, 0.2) is 5.60 Å². The van der Waals surface area contributed by atoms with Gasteiger partial charge in [-0.1, -0.05) is 15.9 Å². The van der Waals surface area contributed by atoms with E-state index in [1.54, 1.807) is 38.1 Å². The number of rotatable bonds is 5. The number of piperidine rings is 1. The smallest absolute Gasteiger partial charge is 0.267 e. The van der Waals surface area contributed by atoms with Crippen molar-refractivity contribution in [2.45, 2.75) is 38.7 Å². The molecule has 0 unspecified atom stereocenters. The first-order valence-corrected chi connectivity index (χ1v) is 9.95. The van der Waals surface area contributed by atoms with Gasteiger partial charge >= 0.3 is 0 Å². The summed E-state index contributed by atoms with van der Waals surface area (Å²) in [5, 5.41) is 2.75. The number of amides is 1. The number of ether oxygens (including phenoxy) is 1. The lowest BCUT2D eigenvalue weighted by atomic mass is 10.1. The molecule has 1 aliphatic heterocycles. The highest BCUT2D eigenvalue weighted by Crippen LogP contribution is 2.27. The molecule has 0 spiro atoms. The summed E-state index contributed by atoms with van der Waals surface area (Å²) >= 11 is 3.37. The Morgan fingerprint density at radius 2 is 1.78 bits per heavy atom. The summed E-state index contributed by atoms with van der Waals surface area (Å²) in [6, 6.07) is 12.1. The first kappa shape index (κ1) is 19.7. The van der Waals surface area contributed by atoms with Crippen LogP contribution in [0.1, 0.15) is 33.1 Å². The molecular formula is C21H24BrFN2O2. The number of carbonyl (C=O) groups is 1. The van der Waals surface area contributed by atoms with Gasteiger partial charge in [0.05, 0.1) is 5.69 Å². The average molecular weight is 435 g/mol. The summed E-state index contributed by atoms with van der Waals surface area (Å²) in [6.45, 7) is 5.11. The van der Waals surface area contributed by atoms with Crippen molar-refractivity contribution >= 4 is 33.2 Å². The van der Waals surface area contributed by atoms with Gasteiger partial charge in [0, 0.05) is 23.2 Å². The third kappa shape index (κ3) is 5.01. The number of carbonyl (C=O) groups excluding carboxylic acids is 1. The van der Waals surface area contributed by atoms with Crippen molar-refractivity contribution in [2.24, 2.45) is 0 Å². The largest absolute Gasteiger partial charge is 0.478 e. The number of halogens is 2. The lowest BCUT2D eigenvalue weighted by molar-refractivity contribution is -0.128. The molecule has 1 fully saturated rings. The van der Waals surface area contributed by atoms with Crippen molar-refractivity contribution in [3.63, 3.8) is 0 Å². The van der Waals surface area contributed by atoms with Gasteiger partial charge in [0.2, 0.25) is 0 Å². The summed E-state index contributed by atoms with van der Waals surface area (Å²) in [5.41, 5.74) is -0.0839. The van der Waals surface area contributed by atoms with Gasteiger partial charge in [-0.25, -0.2) is 4.39 Å². The zero-order valence-corrected chi connectivity index (χ0v) is 17.2. The first-order chi connectivity index (χ1) is 12.8. The van der Waals surface area contributed by atoms with Crippen molar-refractivity contribution in [3.05, 3.63) is 52.8 Å². The van der Waals surface area contributed by atoms with E-state index in [-0.39, 0.29) is 11.7 Å². The lowest BCUT2D eigenvalue weighted by Gasteiger charge is -2.29. The first-order valence-electron chi connectivity index (χ1n) is 9.16. The second-order valence-corrected chi connectivity index (χ2v) is 8.15. The van der Waals surface area contributed by atoms with Crippen molar-refractivity contribution < 1.29 is 13.9 Å². The number of hydrogen-bond donors (Lipinski definition) is 1. The van der Waals surface area contributed by atoms with Crippen LogP contribution in [0, 0.1) is 5.82 Å². The van der Waals surface area contributed by atoms with Crippen LogP contribution in [-0.2, 0) is 4.79 Å². The van der Waals surface area contributed by atoms with Gasteiger partial charge in [-0.15, -0.1) is 0 Å². The maximum atomic E-state index is 14.5. The fraction of sp³-hybridized carbons (Fsp3) is 0.381. The van der Waals surface area contributed by atoms with E-state index in [0.29, 0.717) is 17.1 Å². The predicted octanol–water partition coefficient (Wildman–Crippen LogP) is 5.37. The van der Waals surface area contributed by atoms with Crippen LogP contribution in [0.15, 0.2) is 46.9 Å². The number of anilines is 2. The molecule has 144 valence electrons. The highest BCUT2D eigenvalue weighted by Gasteiger charge is 2.30. The number of benzene rings is 2. The maximum Gasteiger partial charge on any atom is 0.267 e. The minimum absolute atomic E-state index is 0.318. The van der Waals surface area contributed by atoms with E-state index in [4.69, 9.17) is 4.74 Å². The van der Waals surface area contributed by atoms with Gasteiger partial charge in [-0.2, -0.15) is 0 Å². The van der Waals surface area contributed by atoms with E-state index in [1.807, 2.05) is 12.1 Å². The Kier molecular flexibility index (Phi) is 6.05. The molecular weight excluding hydrogens is 411 g/mol. The topological polar surface area (TPSA) is 41.6 Å². The molecule has 3 rings (SSSR count). The second-order valence-electron chi connectivity index (χ2n) is 7.23. The van der Waals surface area contributed by atoms with Crippen LogP contribution in [0.25, 0.3) is 0 Å². The summed E-state index contributed by atoms with van der Waals surface area (Å²) in [7, 11) is 0. The van der Waals surface area contributed by atoms with E-state index in [2.05, 4.69) is 26.1 Å². The van der Waals surface area contributed by atoms with Gasteiger partial charge in [0.1, 0.15) is 11.6 Å². The van der Waals surface area contributed by atoms with E-state index in [1.165, 1.54) is 12.5 Å². The fourth-order valence-corrected chi connectivity index (χ4v) is 3.37. The average Bonchev–Trinajstić information content (AvgIpc) is 2.64. The Morgan fingerprint density at radius 3 is 2.41 bits per heavy atom. The molecule has 1 saturated heterocycles. The molecule has 1 aliphatic rings. The molecule has 0 aromatic heterocycles. The van der Waals surface area contributed by atoms with E-state index in [0.717, 1.165) is 30.4 Å². The van der Waals surface area contributed by atoms with Crippen LogP contribution in [0.5, 0.6) is 5.75 Å². The molecule has 6 heteroatoms. The fourth-order valence-electron chi connectivity index (χ4n) is 3.10. The van der Waals surface area contributed by atoms with Crippen LogP contribution in [0.4, 0.5) is 15.8 Å². The van der Waals surface area contributed by atoms with Crippen LogP contribution in [-0.4, -0.2) is 24.6 Å². The monoisotopic (exact) mass is 434 g/mol. The molecule has 0 saturated carbocycles. The molecule has 0 aliphatic carbocycles. The van der Waals surface area contributed by atoms with E-state index in [9.17, 15) is 9.18 Å². The Bertz CT molecular complexity index is 802. The van der Waals surface area contributed by atoms with Gasteiger partial charge in [-0.3, -0.25) is 4.79 Å². The van der Waals surface area contributed by atoms with Crippen molar-refractivity contribution in [3.8, 4) is 5.75 Å². The SMILES string of the molecule is CC(C)(Oc1ccc(Br)cc1)C(=O)Nc1ccc(N2CCCCC2)c(F)c1. The molecule has 1 N–H and O–H groups in total. The van der Waals surface area contributed by atoms with Crippen LogP contribution < -0.4 is 15.0 Å². The minimum atomic E-state index is -1.10. The molecule has 2 aromatic carbocycles. The Morgan fingerprint density at radius 1 is 1.11 bits per heavy atom. The summed E-state index contributed by atoms with van der Waals surface area (Å²) in [6.07, 6.45) is 3.36. The van der Waals surface area contributed by atoms with Crippen LogP contribution in [0.3, 0.4) is 0 Å². The van der Waals surface area contributed by atoms with Crippen LogP contribution >= 0.6 is 15.9 Å². The van der Waals surface area contributed by atoms with Crippen LogP contribution in [0.2, 0.25) is 0 Å². The lowest BCUT2D eigenvalue weighted by Crippen LogP contribution is -2.42. The number of hydrogen-bond acceptors (Lipinski definition) is 3. The van der Waals surface area contributed by atoms with Crippen molar-refractivity contribution in [1.82, 2.24) is 0 Å². The standard InChI is InChI=1S/C21H24BrFN2O2/c1-21(2,27-17-9-6-15(22)7-10-17)20(26)24-16-8-11-19(18(23)14-16)25-12-4-3-5-13-25/h6-11,14H,3-5,12-13H2,1-2H3,(H,24,26). The quantitative estimate of drug-likeness (QED) is 0.686. The molecule has 27 heavy (non-hydrogen) atoms. The number of nitrogens with one attached hydrogen (secondary N) is 1. The third-order valence-corrected chi connectivity index (χ3v) is 5.16. The Labute approximate surface area is 167 Å². The molecule has 4 nitrogen and oxygen atoms in total. The van der Waals surface area contributed by atoms with Gasteiger partial charge in [-0.05, 0) is 75.6 Å². The normalized spacial score (nSPS) is 14.7. The van der Waals surface area contributed by atoms with E-state index >= 15 is 0 Å². The molecule has 0 radical (unpaired) electrons. The zero-order chi connectivity index (χ0) is 19.4. The Balaban J connectivity index is 1.67. The predicted molar refractivity (Wildman–Crippen MR) is 110 cm³/mol. The van der Waals surface area contributed by atoms with Crippen molar-refractivity contribution in [1.29, 1.82) is 0 Å². The summed E-state index contributed by atoms with van der Waals surface area (Å²) in [5.74, 6) is -0.0677.